The second-order valence-electron chi connectivity index (χ2n) is 6.16. The van der Waals surface area contributed by atoms with E-state index in [1.807, 2.05) is 23.9 Å². The molecule has 1 aromatic carbocycles. The smallest absolute Gasteiger partial charge is 0.140 e. The molecular formula is C17H23ClN4O. The second kappa shape index (κ2) is 7.43. The molecule has 1 unspecified atom stereocenters. The van der Waals surface area contributed by atoms with Gasteiger partial charge in [0.25, 0.3) is 0 Å². The quantitative estimate of drug-likeness (QED) is 0.843. The molecule has 0 aliphatic carbocycles. The van der Waals surface area contributed by atoms with Crippen LogP contribution in [-0.4, -0.2) is 39.9 Å². The highest BCUT2D eigenvalue weighted by Gasteiger charge is 2.29. The topological polar surface area (TPSA) is 43.2 Å². The number of aromatic nitrogens is 3. The fourth-order valence-corrected chi connectivity index (χ4v) is 3.49. The summed E-state index contributed by atoms with van der Waals surface area (Å²) in [6.07, 6.45) is 3.77. The lowest BCUT2D eigenvalue weighted by Crippen LogP contribution is -2.34. The molecule has 3 rings (SSSR count). The van der Waals surface area contributed by atoms with Crippen molar-refractivity contribution < 1.29 is 4.74 Å². The molecule has 0 N–H and O–H groups in total. The Morgan fingerprint density at radius 2 is 2.00 bits per heavy atom. The third-order valence-electron chi connectivity index (χ3n) is 4.59. The first-order valence-corrected chi connectivity index (χ1v) is 8.39. The van der Waals surface area contributed by atoms with Crippen molar-refractivity contribution in [3.63, 3.8) is 0 Å². The molecule has 1 aliphatic heterocycles. The first kappa shape index (κ1) is 16.4. The Morgan fingerprint density at radius 3 is 2.61 bits per heavy atom. The number of hydrogen-bond acceptors (Lipinski definition) is 4. The van der Waals surface area contributed by atoms with Gasteiger partial charge in [0.05, 0.1) is 6.54 Å². The summed E-state index contributed by atoms with van der Waals surface area (Å²) in [6.45, 7) is 2.44. The summed E-state index contributed by atoms with van der Waals surface area (Å²) in [6, 6.07) is 8.54. The predicted molar refractivity (Wildman–Crippen MR) is 90.2 cm³/mol. The van der Waals surface area contributed by atoms with Gasteiger partial charge in [0.1, 0.15) is 12.2 Å². The van der Waals surface area contributed by atoms with E-state index in [0.717, 1.165) is 43.4 Å². The van der Waals surface area contributed by atoms with Crippen LogP contribution in [0.1, 0.15) is 30.3 Å². The number of halogens is 1. The van der Waals surface area contributed by atoms with E-state index in [0.29, 0.717) is 12.0 Å². The van der Waals surface area contributed by atoms with E-state index < -0.39 is 0 Å². The van der Waals surface area contributed by atoms with Gasteiger partial charge in [0.2, 0.25) is 0 Å². The van der Waals surface area contributed by atoms with Gasteiger partial charge in [-0.1, -0.05) is 23.7 Å². The molecule has 0 radical (unpaired) electrons. The van der Waals surface area contributed by atoms with E-state index in [4.69, 9.17) is 16.3 Å². The highest BCUT2D eigenvalue weighted by Crippen LogP contribution is 2.35. The Morgan fingerprint density at radius 1 is 1.30 bits per heavy atom. The van der Waals surface area contributed by atoms with Crippen LogP contribution < -0.4 is 0 Å². The van der Waals surface area contributed by atoms with Crippen LogP contribution >= 0.6 is 11.6 Å². The minimum Gasteiger partial charge on any atom is -0.381 e. The van der Waals surface area contributed by atoms with Crippen LogP contribution in [0, 0.1) is 5.92 Å². The molecule has 124 valence electrons. The van der Waals surface area contributed by atoms with E-state index in [9.17, 15) is 0 Å². The summed E-state index contributed by atoms with van der Waals surface area (Å²) in [4.78, 5) is 6.72. The third-order valence-corrected chi connectivity index (χ3v) is 4.85. The number of aryl methyl sites for hydroxylation is 1. The minimum absolute atomic E-state index is 0.327. The summed E-state index contributed by atoms with van der Waals surface area (Å²) in [5.74, 6) is 1.54. The van der Waals surface area contributed by atoms with Crippen molar-refractivity contribution in [1.82, 2.24) is 19.7 Å². The van der Waals surface area contributed by atoms with Gasteiger partial charge in [0.15, 0.2) is 0 Å². The van der Waals surface area contributed by atoms with Crippen LogP contribution in [0.15, 0.2) is 30.6 Å². The molecular weight excluding hydrogens is 312 g/mol. The molecule has 2 heterocycles. The standard InChI is InChI=1S/C17H23ClN4O/c1-21(11-16-19-12-20-22(16)2)17(14-7-9-23-10-8-14)13-3-5-15(18)6-4-13/h3-6,12,14,17H,7-11H2,1-2H3. The molecule has 0 amide bonds. The van der Waals surface area contributed by atoms with Gasteiger partial charge < -0.3 is 4.74 Å². The van der Waals surface area contributed by atoms with Gasteiger partial charge in [-0.15, -0.1) is 0 Å². The number of benzene rings is 1. The minimum atomic E-state index is 0.327. The summed E-state index contributed by atoms with van der Waals surface area (Å²) >= 11 is 6.06. The monoisotopic (exact) mass is 334 g/mol. The molecule has 6 heteroatoms. The maximum atomic E-state index is 6.06. The highest BCUT2D eigenvalue weighted by molar-refractivity contribution is 6.30. The van der Waals surface area contributed by atoms with E-state index >= 15 is 0 Å². The van der Waals surface area contributed by atoms with Crippen LogP contribution in [0.5, 0.6) is 0 Å². The average molecular weight is 335 g/mol. The van der Waals surface area contributed by atoms with E-state index in [2.05, 4.69) is 34.2 Å². The van der Waals surface area contributed by atoms with E-state index in [1.54, 1.807) is 6.33 Å². The molecule has 2 aromatic rings. The molecule has 0 saturated carbocycles. The number of nitrogens with zero attached hydrogens (tertiary/aromatic N) is 4. The van der Waals surface area contributed by atoms with Gasteiger partial charge in [-0.3, -0.25) is 9.58 Å². The Bertz CT molecular complexity index is 622. The van der Waals surface area contributed by atoms with E-state index in [1.165, 1.54) is 5.56 Å². The fourth-order valence-electron chi connectivity index (χ4n) is 3.36. The summed E-state index contributed by atoms with van der Waals surface area (Å²) in [5.41, 5.74) is 1.30. The summed E-state index contributed by atoms with van der Waals surface area (Å²) < 4.78 is 7.38. The number of ether oxygens (including phenoxy) is 1. The van der Waals surface area contributed by atoms with Crippen LogP contribution in [0.25, 0.3) is 0 Å². The SMILES string of the molecule is CN(Cc1ncnn1C)C(c1ccc(Cl)cc1)C1CCOCC1. The molecule has 0 bridgehead atoms. The van der Waals surface area contributed by atoms with Crippen LogP contribution in [-0.2, 0) is 18.3 Å². The zero-order valence-corrected chi connectivity index (χ0v) is 14.4. The summed E-state index contributed by atoms with van der Waals surface area (Å²) in [5, 5.41) is 4.94. The normalized spacial score (nSPS) is 17.6. The first-order valence-electron chi connectivity index (χ1n) is 8.01. The lowest BCUT2D eigenvalue weighted by Gasteiger charge is -2.37. The van der Waals surface area contributed by atoms with Crippen molar-refractivity contribution in [2.45, 2.75) is 25.4 Å². The lowest BCUT2D eigenvalue weighted by molar-refractivity contribution is 0.0286. The highest BCUT2D eigenvalue weighted by atomic mass is 35.5. The fraction of sp³-hybridized carbons (Fsp3) is 0.529. The van der Waals surface area contributed by atoms with Crippen molar-refractivity contribution in [3.05, 3.63) is 47.0 Å². The third kappa shape index (κ3) is 3.91. The van der Waals surface area contributed by atoms with Gasteiger partial charge in [-0.25, -0.2) is 4.98 Å². The number of hydrogen-bond donors (Lipinski definition) is 0. The lowest BCUT2D eigenvalue weighted by atomic mass is 9.86. The van der Waals surface area contributed by atoms with Crippen LogP contribution in [0.3, 0.4) is 0 Å². The van der Waals surface area contributed by atoms with Gasteiger partial charge >= 0.3 is 0 Å². The molecule has 23 heavy (non-hydrogen) atoms. The molecule has 1 aliphatic rings. The second-order valence-corrected chi connectivity index (χ2v) is 6.60. The number of rotatable bonds is 5. The zero-order valence-electron chi connectivity index (χ0n) is 13.7. The van der Waals surface area contributed by atoms with Gasteiger partial charge in [-0.2, -0.15) is 5.10 Å². The maximum Gasteiger partial charge on any atom is 0.140 e. The van der Waals surface area contributed by atoms with Crippen molar-refractivity contribution in [3.8, 4) is 0 Å². The van der Waals surface area contributed by atoms with Gasteiger partial charge in [-0.05, 0) is 43.5 Å². The predicted octanol–water partition coefficient (Wildman–Crippen LogP) is 3.07. The maximum absolute atomic E-state index is 6.06. The molecule has 1 aromatic heterocycles. The zero-order chi connectivity index (χ0) is 16.2. The van der Waals surface area contributed by atoms with E-state index in [-0.39, 0.29) is 0 Å². The van der Waals surface area contributed by atoms with Crippen molar-refractivity contribution >= 4 is 11.6 Å². The Kier molecular flexibility index (Phi) is 5.30. The van der Waals surface area contributed by atoms with Crippen molar-refractivity contribution in [2.75, 3.05) is 20.3 Å². The largest absolute Gasteiger partial charge is 0.381 e. The average Bonchev–Trinajstić information content (AvgIpc) is 2.96. The molecule has 1 saturated heterocycles. The molecule has 0 spiro atoms. The Labute approximate surface area is 142 Å². The van der Waals surface area contributed by atoms with Gasteiger partial charge in [0, 0.05) is 31.3 Å². The van der Waals surface area contributed by atoms with Crippen LogP contribution in [0.2, 0.25) is 5.02 Å². The summed E-state index contributed by atoms with van der Waals surface area (Å²) in [7, 11) is 4.09. The first-order chi connectivity index (χ1) is 11.1. The van der Waals surface area contributed by atoms with Crippen molar-refractivity contribution in [1.29, 1.82) is 0 Å². The van der Waals surface area contributed by atoms with Crippen LogP contribution in [0.4, 0.5) is 0 Å². The van der Waals surface area contributed by atoms with Crippen molar-refractivity contribution in [2.24, 2.45) is 13.0 Å². The Hall–Kier alpha value is -1.43. The Balaban J connectivity index is 1.84. The molecule has 1 fully saturated rings. The molecule has 1 atom stereocenters. The molecule has 5 nitrogen and oxygen atoms in total.